The molecule has 1 amide bonds. The zero-order chi connectivity index (χ0) is 26.1. The Labute approximate surface area is 228 Å². The monoisotopic (exact) mass is 557 g/mol. The van der Waals surface area contributed by atoms with Gasteiger partial charge in [0.25, 0.3) is 5.56 Å². The van der Waals surface area contributed by atoms with Crippen LogP contribution in [0.15, 0.2) is 22.6 Å². The number of esters is 1. The molecule has 196 valence electrons. The first kappa shape index (κ1) is 26.2. The molecule has 0 saturated carbocycles. The maximum Gasteiger partial charge on any atom is 0.341 e. The number of allylic oxidation sites excluding steroid dienone is 1. The van der Waals surface area contributed by atoms with Gasteiger partial charge >= 0.3 is 5.97 Å². The van der Waals surface area contributed by atoms with Crippen LogP contribution in [0.3, 0.4) is 0 Å². The number of thiophene rings is 2. The lowest BCUT2D eigenvalue weighted by molar-refractivity contribution is -0.113. The van der Waals surface area contributed by atoms with E-state index in [9.17, 15) is 14.4 Å². The van der Waals surface area contributed by atoms with E-state index < -0.39 is 5.97 Å². The number of fused-ring (bicyclic) bond motifs is 4. The molecule has 0 aromatic carbocycles. The number of ether oxygens (including phenoxy) is 1. The highest BCUT2D eigenvalue weighted by Crippen LogP contribution is 2.39. The highest BCUT2D eigenvalue weighted by atomic mass is 32.2. The lowest BCUT2D eigenvalue weighted by Crippen LogP contribution is -2.24. The van der Waals surface area contributed by atoms with E-state index in [2.05, 4.69) is 18.8 Å². The van der Waals surface area contributed by atoms with Crippen LogP contribution in [-0.2, 0) is 41.8 Å². The molecule has 1 atom stereocenters. The zero-order valence-corrected chi connectivity index (χ0v) is 23.6. The standard InChI is InChI=1S/C27H31N3O4S3/c1-4-12-30-25(32)21-17-11-10-15(2)13-19(17)37-23(21)29-27(30)35-14-20(31)28-24-22(26(33)34-3)16-8-6-5-7-9-18(16)36-24/h4,15H,1,5-14H2,2-3H3,(H,28,31). The SMILES string of the molecule is C=CCn1c(SCC(=O)Nc2sc3c(c2C(=O)OC)CCCCC3)nc2sc3c(c2c1=O)CCC(C)C3. The largest absolute Gasteiger partial charge is 0.465 e. The van der Waals surface area contributed by atoms with Gasteiger partial charge in [0, 0.05) is 16.3 Å². The van der Waals surface area contributed by atoms with Crippen LogP contribution in [0.1, 0.15) is 63.8 Å². The Morgan fingerprint density at radius 3 is 2.78 bits per heavy atom. The second-order valence-corrected chi connectivity index (χ2v) is 12.9. The number of carbonyl (C=O) groups excluding carboxylic acids is 2. The lowest BCUT2D eigenvalue weighted by Gasteiger charge is -2.17. The van der Waals surface area contributed by atoms with Gasteiger partial charge in [0.15, 0.2) is 5.16 Å². The van der Waals surface area contributed by atoms with Gasteiger partial charge in [-0.3, -0.25) is 14.2 Å². The number of thioether (sulfide) groups is 1. The van der Waals surface area contributed by atoms with Crippen molar-refractivity contribution >= 4 is 61.5 Å². The number of aromatic nitrogens is 2. The molecular weight excluding hydrogens is 527 g/mol. The number of hydrogen-bond acceptors (Lipinski definition) is 8. The summed E-state index contributed by atoms with van der Waals surface area (Å²) < 4.78 is 6.66. The van der Waals surface area contributed by atoms with Crippen LogP contribution in [0.5, 0.6) is 0 Å². The molecule has 3 heterocycles. The van der Waals surface area contributed by atoms with E-state index in [1.807, 2.05) is 0 Å². The molecule has 1 N–H and O–H groups in total. The first-order valence-corrected chi connectivity index (χ1v) is 15.3. The van der Waals surface area contributed by atoms with Crippen LogP contribution >= 0.6 is 34.4 Å². The van der Waals surface area contributed by atoms with E-state index in [0.717, 1.165) is 77.6 Å². The molecule has 3 aromatic rings. The molecule has 1 unspecified atom stereocenters. The number of nitrogens with zero attached hydrogens (tertiary/aromatic N) is 2. The van der Waals surface area contributed by atoms with Gasteiger partial charge in [-0.05, 0) is 62.0 Å². The summed E-state index contributed by atoms with van der Waals surface area (Å²) in [6, 6.07) is 0. The highest BCUT2D eigenvalue weighted by molar-refractivity contribution is 7.99. The molecule has 2 aliphatic rings. The van der Waals surface area contributed by atoms with E-state index in [-0.39, 0.29) is 17.2 Å². The quantitative estimate of drug-likeness (QED) is 0.133. The minimum absolute atomic E-state index is 0.0603. The smallest absolute Gasteiger partial charge is 0.341 e. The Kier molecular flexibility index (Phi) is 7.88. The van der Waals surface area contributed by atoms with Crippen molar-refractivity contribution in [3.05, 3.63) is 49.5 Å². The fourth-order valence-electron chi connectivity index (χ4n) is 5.25. The molecule has 0 saturated heterocycles. The summed E-state index contributed by atoms with van der Waals surface area (Å²) in [6.45, 7) is 6.39. The summed E-state index contributed by atoms with van der Waals surface area (Å²) in [6.07, 6.45) is 9.62. The number of nitrogens with one attached hydrogen (secondary N) is 1. The number of amides is 1. The van der Waals surface area contributed by atoms with Crippen LogP contribution in [0.4, 0.5) is 5.00 Å². The van der Waals surface area contributed by atoms with Crippen LogP contribution in [0.25, 0.3) is 10.2 Å². The molecule has 0 radical (unpaired) electrons. The fourth-order valence-corrected chi connectivity index (χ4v) is 8.77. The summed E-state index contributed by atoms with van der Waals surface area (Å²) in [7, 11) is 1.37. The summed E-state index contributed by atoms with van der Waals surface area (Å²) in [5.41, 5.74) is 2.59. The normalized spacial score (nSPS) is 17.1. The molecule has 0 aliphatic heterocycles. The third-order valence-corrected chi connectivity index (χ3v) is 10.4. The van der Waals surface area contributed by atoms with Crippen molar-refractivity contribution in [3.63, 3.8) is 0 Å². The van der Waals surface area contributed by atoms with Gasteiger partial charge in [-0.25, -0.2) is 9.78 Å². The molecule has 0 bridgehead atoms. The van der Waals surface area contributed by atoms with Gasteiger partial charge in [0.05, 0.1) is 23.8 Å². The molecular formula is C27H31N3O4S3. The van der Waals surface area contributed by atoms with Crippen LogP contribution in [-0.4, -0.2) is 34.3 Å². The Morgan fingerprint density at radius 1 is 1.19 bits per heavy atom. The summed E-state index contributed by atoms with van der Waals surface area (Å²) in [4.78, 5) is 47.1. The maximum absolute atomic E-state index is 13.5. The van der Waals surface area contributed by atoms with Gasteiger partial charge in [-0.1, -0.05) is 31.2 Å². The number of rotatable bonds is 7. The minimum Gasteiger partial charge on any atom is -0.465 e. The molecule has 2 aliphatic carbocycles. The van der Waals surface area contributed by atoms with E-state index in [0.29, 0.717) is 28.2 Å². The molecule has 5 rings (SSSR count). The van der Waals surface area contributed by atoms with Crippen molar-refractivity contribution in [2.45, 2.75) is 70.0 Å². The van der Waals surface area contributed by atoms with Crippen LogP contribution in [0.2, 0.25) is 0 Å². The number of methoxy groups -OCH3 is 1. The van der Waals surface area contributed by atoms with E-state index in [1.165, 1.54) is 35.1 Å². The molecule has 0 spiro atoms. The van der Waals surface area contributed by atoms with Gasteiger partial charge in [-0.15, -0.1) is 29.3 Å². The Bertz CT molecular complexity index is 1430. The topological polar surface area (TPSA) is 90.3 Å². The molecule has 37 heavy (non-hydrogen) atoms. The molecule has 7 nitrogen and oxygen atoms in total. The lowest BCUT2D eigenvalue weighted by atomic mass is 9.89. The van der Waals surface area contributed by atoms with Crippen molar-refractivity contribution < 1.29 is 14.3 Å². The third-order valence-electron chi connectivity index (χ3n) is 7.09. The first-order chi connectivity index (χ1) is 17.9. The Balaban J connectivity index is 1.40. The van der Waals surface area contributed by atoms with Crippen molar-refractivity contribution in [3.8, 4) is 0 Å². The zero-order valence-electron chi connectivity index (χ0n) is 21.2. The van der Waals surface area contributed by atoms with Crippen molar-refractivity contribution in [1.29, 1.82) is 0 Å². The van der Waals surface area contributed by atoms with E-state index >= 15 is 0 Å². The van der Waals surface area contributed by atoms with Gasteiger partial charge < -0.3 is 10.1 Å². The Hall–Kier alpha value is -2.43. The average Bonchev–Trinajstić information content (AvgIpc) is 3.31. The van der Waals surface area contributed by atoms with Crippen molar-refractivity contribution in [2.24, 2.45) is 5.92 Å². The minimum atomic E-state index is -0.412. The number of anilines is 1. The van der Waals surface area contributed by atoms with Gasteiger partial charge in [-0.2, -0.15) is 0 Å². The molecule has 3 aromatic heterocycles. The highest BCUT2D eigenvalue weighted by Gasteiger charge is 2.27. The van der Waals surface area contributed by atoms with Crippen LogP contribution < -0.4 is 10.9 Å². The van der Waals surface area contributed by atoms with Crippen molar-refractivity contribution in [2.75, 3.05) is 18.2 Å². The Morgan fingerprint density at radius 2 is 2.00 bits per heavy atom. The predicted molar refractivity (Wildman–Crippen MR) is 152 cm³/mol. The molecule has 10 heteroatoms. The molecule has 0 fully saturated rings. The van der Waals surface area contributed by atoms with Crippen molar-refractivity contribution in [1.82, 2.24) is 9.55 Å². The fraction of sp³-hybridized carbons (Fsp3) is 0.481. The van der Waals surface area contributed by atoms with Crippen LogP contribution in [0, 0.1) is 5.92 Å². The van der Waals surface area contributed by atoms with Gasteiger partial charge in [0.2, 0.25) is 5.91 Å². The summed E-state index contributed by atoms with van der Waals surface area (Å²) >= 11 is 4.32. The van der Waals surface area contributed by atoms with E-state index in [1.54, 1.807) is 22.0 Å². The van der Waals surface area contributed by atoms with Gasteiger partial charge in [0.1, 0.15) is 9.83 Å². The second kappa shape index (κ2) is 11.1. The third kappa shape index (κ3) is 5.15. The number of carbonyl (C=O) groups is 2. The number of hydrogen-bond donors (Lipinski definition) is 1. The second-order valence-electron chi connectivity index (χ2n) is 9.73. The van der Waals surface area contributed by atoms with E-state index in [4.69, 9.17) is 9.72 Å². The first-order valence-electron chi connectivity index (χ1n) is 12.7. The number of aryl methyl sites for hydroxylation is 2. The predicted octanol–water partition coefficient (Wildman–Crippen LogP) is 5.62. The summed E-state index contributed by atoms with van der Waals surface area (Å²) in [5, 5.41) is 4.73. The maximum atomic E-state index is 13.5. The average molecular weight is 558 g/mol. The summed E-state index contributed by atoms with van der Waals surface area (Å²) in [5.74, 6) is 0.0201.